The first kappa shape index (κ1) is 13.7. The topological polar surface area (TPSA) is 83.0 Å². The maximum atomic E-state index is 13.2. The van der Waals surface area contributed by atoms with E-state index in [-0.39, 0.29) is 11.7 Å². The Morgan fingerprint density at radius 1 is 0.909 bits per heavy atom. The van der Waals surface area contributed by atoms with E-state index in [0.717, 1.165) is 0 Å². The molecule has 0 spiro atoms. The maximum Gasteiger partial charge on any atom is 0.229 e. The highest BCUT2D eigenvalue weighted by Gasteiger charge is 2.02. The van der Waals surface area contributed by atoms with Gasteiger partial charge in [-0.1, -0.05) is 6.07 Å². The number of pyridine rings is 1. The van der Waals surface area contributed by atoms with Crippen LogP contribution in [-0.4, -0.2) is 20.1 Å². The van der Waals surface area contributed by atoms with Crippen molar-refractivity contribution >= 4 is 23.1 Å². The highest BCUT2D eigenvalue weighted by Crippen LogP contribution is 2.19. The van der Waals surface area contributed by atoms with Gasteiger partial charge in [0, 0.05) is 29.8 Å². The molecule has 0 aliphatic carbocycles. The Labute approximate surface area is 125 Å². The van der Waals surface area contributed by atoms with Crippen molar-refractivity contribution in [1.29, 1.82) is 0 Å². The zero-order valence-electron chi connectivity index (χ0n) is 11.4. The predicted octanol–water partition coefficient (Wildman–Crippen LogP) is 3.20. The molecule has 3 aromatic rings. The monoisotopic (exact) mass is 297 g/mol. The van der Waals surface area contributed by atoms with Gasteiger partial charge in [0.25, 0.3) is 0 Å². The second kappa shape index (κ2) is 6.04. The molecule has 22 heavy (non-hydrogen) atoms. The number of aromatic hydroxyl groups is 1. The third-order valence-electron chi connectivity index (χ3n) is 2.75. The molecule has 0 unspecified atom stereocenters. The van der Waals surface area contributed by atoms with Crippen molar-refractivity contribution in [3.05, 3.63) is 60.7 Å². The lowest BCUT2D eigenvalue weighted by molar-refractivity contribution is 0.454. The van der Waals surface area contributed by atoms with E-state index in [2.05, 4.69) is 25.6 Å². The molecule has 0 aliphatic heterocycles. The third kappa shape index (κ3) is 3.45. The lowest BCUT2D eigenvalue weighted by atomic mass is 10.3. The van der Waals surface area contributed by atoms with Gasteiger partial charge in [-0.15, -0.1) is 0 Å². The van der Waals surface area contributed by atoms with Crippen LogP contribution in [-0.2, 0) is 0 Å². The summed E-state index contributed by atoms with van der Waals surface area (Å²) in [6.07, 6.45) is 3.04. The Hall–Kier alpha value is -3.22. The summed E-state index contributed by atoms with van der Waals surface area (Å²) in [7, 11) is 0. The summed E-state index contributed by atoms with van der Waals surface area (Å²) >= 11 is 0. The Morgan fingerprint density at radius 2 is 1.73 bits per heavy atom. The molecule has 0 radical (unpaired) electrons. The standard InChI is InChI=1S/C15H12FN5O/c16-10-2-1-3-11(8-10)20-15-18-7-5-13(21-15)19-12-4-6-17-14(22)9-12/h1-9H,(H3,17,18,19,20,21,22). The Kier molecular flexibility index (Phi) is 3.78. The summed E-state index contributed by atoms with van der Waals surface area (Å²) in [6, 6.07) is 10.9. The van der Waals surface area contributed by atoms with Crippen LogP contribution in [0.2, 0.25) is 0 Å². The molecular weight excluding hydrogens is 285 g/mol. The molecule has 1 aromatic carbocycles. The number of nitrogens with one attached hydrogen (secondary N) is 2. The van der Waals surface area contributed by atoms with Crippen molar-refractivity contribution in [2.45, 2.75) is 0 Å². The highest BCUT2D eigenvalue weighted by molar-refractivity contribution is 5.59. The van der Waals surface area contributed by atoms with Crippen LogP contribution in [0.1, 0.15) is 0 Å². The molecule has 3 rings (SSSR count). The Morgan fingerprint density at radius 3 is 2.55 bits per heavy atom. The van der Waals surface area contributed by atoms with Crippen LogP contribution in [0.4, 0.5) is 27.5 Å². The van der Waals surface area contributed by atoms with Crippen molar-refractivity contribution in [3.8, 4) is 5.88 Å². The molecule has 2 aromatic heterocycles. The van der Waals surface area contributed by atoms with Gasteiger partial charge in [0.2, 0.25) is 11.8 Å². The smallest absolute Gasteiger partial charge is 0.229 e. The minimum absolute atomic E-state index is 0.0860. The van der Waals surface area contributed by atoms with E-state index < -0.39 is 0 Å². The minimum atomic E-state index is -0.341. The molecule has 0 fully saturated rings. The lowest BCUT2D eigenvalue weighted by Gasteiger charge is -2.08. The van der Waals surface area contributed by atoms with Crippen LogP contribution in [0.5, 0.6) is 5.88 Å². The van der Waals surface area contributed by atoms with Gasteiger partial charge < -0.3 is 15.7 Å². The second-order valence-corrected chi connectivity index (χ2v) is 4.43. The number of hydrogen-bond donors (Lipinski definition) is 3. The first-order valence-electron chi connectivity index (χ1n) is 6.47. The highest BCUT2D eigenvalue weighted by atomic mass is 19.1. The number of rotatable bonds is 4. The van der Waals surface area contributed by atoms with Gasteiger partial charge in [0.15, 0.2) is 0 Å². The molecule has 0 atom stereocenters. The molecule has 110 valence electrons. The fourth-order valence-electron chi connectivity index (χ4n) is 1.83. The van der Waals surface area contributed by atoms with Crippen LogP contribution < -0.4 is 10.6 Å². The Balaban J connectivity index is 1.78. The molecule has 0 amide bonds. The van der Waals surface area contributed by atoms with Gasteiger partial charge in [-0.3, -0.25) is 0 Å². The van der Waals surface area contributed by atoms with E-state index in [4.69, 9.17) is 0 Å². The number of benzene rings is 1. The van der Waals surface area contributed by atoms with Gasteiger partial charge in [0.1, 0.15) is 11.6 Å². The zero-order chi connectivity index (χ0) is 15.4. The zero-order valence-corrected chi connectivity index (χ0v) is 11.4. The summed E-state index contributed by atoms with van der Waals surface area (Å²) in [5, 5.41) is 15.3. The van der Waals surface area contributed by atoms with Crippen molar-refractivity contribution in [3.63, 3.8) is 0 Å². The van der Waals surface area contributed by atoms with Crippen LogP contribution >= 0.6 is 0 Å². The normalized spacial score (nSPS) is 10.2. The lowest BCUT2D eigenvalue weighted by Crippen LogP contribution is -2.00. The first-order chi connectivity index (χ1) is 10.7. The van der Waals surface area contributed by atoms with Crippen molar-refractivity contribution in [2.75, 3.05) is 10.6 Å². The predicted molar refractivity (Wildman–Crippen MR) is 80.9 cm³/mol. The van der Waals surface area contributed by atoms with Crippen LogP contribution in [0.3, 0.4) is 0 Å². The van der Waals surface area contributed by atoms with Crippen LogP contribution in [0.25, 0.3) is 0 Å². The number of anilines is 4. The maximum absolute atomic E-state index is 13.2. The number of aromatic nitrogens is 3. The SMILES string of the molecule is Oc1cc(Nc2ccnc(Nc3cccc(F)c3)n2)ccn1. The quantitative estimate of drug-likeness (QED) is 0.686. The first-order valence-corrected chi connectivity index (χ1v) is 6.47. The summed E-state index contributed by atoms with van der Waals surface area (Å²) < 4.78 is 13.2. The number of hydrogen-bond acceptors (Lipinski definition) is 6. The van der Waals surface area contributed by atoms with E-state index in [9.17, 15) is 9.50 Å². The summed E-state index contributed by atoms with van der Waals surface area (Å²) in [5.74, 6) is 0.428. The van der Waals surface area contributed by atoms with E-state index >= 15 is 0 Å². The summed E-state index contributed by atoms with van der Waals surface area (Å²) in [4.78, 5) is 12.0. The molecule has 0 saturated heterocycles. The Bertz CT molecular complexity index is 733. The molecule has 0 bridgehead atoms. The van der Waals surface area contributed by atoms with E-state index in [0.29, 0.717) is 23.1 Å². The van der Waals surface area contributed by atoms with Crippen molar-refractivity contribution < 1.29 is 9.50 Å². The molecular formula is C15H12FN5O. The van der Waals surface area contributed by atoms with E-state index in [1.54, 1.807) is 30.5 Å². The number of nitrogens with zero attached hydrogens (tertiary/aromatic N) is 3. The van der Waals surface area contributed by atoms with Crippen molar-refractivity contribution in [1.82, 2.24) is 15.0 Å². The number of halogens is 1. The molecule has 2 heterocycles. The largest absolute Gasteiger partial charge is 0.493 e. The molecule has 0 saturated carbocycles. The fourth-order valence-corrected chi connectivity index (χ4v) is 1.83. The van der Waals surface area contributed by atoms with Gasteiger partial charge in [0.05, 0.1) is 0 Å². The van der Waals surface area contributed by atoms with Crippen LogP contribution in [0.15, 0.2) is 54.9 Å². The molecule has 6 nitrogen and oxygen atoms in total. The van der Waals surface area contributed by atoms with Gasteiger partial charge >= 0.3 is 0 Å². The summed E-state index contributed by atoms with van der Waals surface area (Å²) in [6.45, 7) is 0. The average molecular weight is 297 g/mol. The van der Waals surface area contributed by atoms with Crippen molar-refractivity contribution in [2.24, 2.45) is 0 Å². The average Bonchev–Trinajstić information content (AvgIpc) is 2.47. The third-order valence-corrected chi connectivity index (χ3v) is 2.75. The molecule has 3 N–H and O–H groups in total. The van der Waals surface area contributed by atoms with E-state index in [1.165, 1.54) is 24.4 Å². The minimum Gasteiger partial charge on any atom is -0.493 e. The fraction of sp³-hybridized carbons (Fsp3) is 0. The van der Waals surface area contributed by atoms with Gasteiger partial charge in [-0.2, -0.15) is 4.98 Å². The molecule has 7 heteroatoms. The second-order valence-electron chi connectivity index (χ2n) is 4.43. The van der Waals surface area contributed by atoms with Crippen LogP contribution in [0, 0.1) is 5.82 Å². The van der Waals surface area contributed by atoms with E-state index in [1.807, 2.05) is 0 Å². The van der Waals surface area contributed by atoms with Gasteiger partial charge in [-0.05, 0) is 30.3 Å². The molecule has 0 aliphatic rings. The van der Waals surface area contributed by atoms with Gasteiger partial charge in [-0.25, -0.2) is 14.4 Å². The summed E-state index contributed by atoms with van der Waals surface area (Å²) in [5.41, 5.74) is 1.20.